The van der Waals surface area contributed by atoms with Crippen LogP contribution in [0, 0.1) is 5.82 Å². The molecule has 0 atom stereocenters. The molecule has 1 amide bonds. The third kappa shape index (κ3) is 4.01. The Morgan fingerprint density at radius 1 is 1.24 bits per heavy atom. The molecule has 0 bridgehead atoms. The molecule has 132 valence electrons. The van der Waals surface area contributed by atoms with E-state index in [1.54, 1.807) is 11.1 Å². The van der Waals surface area contributed by atoms with Crippen LogP contribution in [0.4, 0.5) is 10.2 Å². The molecule has 0 saturated carbocycles. The number of hydrogen-bond acceptors (Lipinski definition) is 6. The van der Waals surface area contributed by atoms with Crippen LogP contribution in [0.2, 0.25) is 0 Å². The van der Waals surface area contributed by atoms with Gasteiger partial charge in [0.05, 0.1) is 12.4 Å². The molecule has 1 aliphatic rings. The zero-order valence-electron chi connectivity index (χ0n) is 14.2. The van der Waals surface area contributed by atoms with Gasteiger partial charge in [-0.15, -0.1) is 0 Å². The van der Waals surface area contributed by atoms with Crippen LogP contribution in [0.15, 0.2) is 30.7 Å². The lowest BCUT2D eigenvalue weighted by atomic mass is 10.1. The van der Waals surface area contributed by atoms with E-state index < -0.39 is 5.82 Å². The number of hydrogen-bond donors (Lipinski definition) is 0. The zero-order valence-corrected chi connectivity index (χ0v) is 14.2. The second-order valence-corrected chi connectivity index (χ2v) is 6.05. The lowest BCUT2D eigenvalue weighted by Crippen LogP contribution is -2.42. The summed E-state index contributed by atoms with van der Waals surface area (Å²) in [5.74, 6) is 0.0796. The summed E-state index contributed by atoms with van der Waals surface area (Å²) >= 11 is 0. The van der Waals surface area contributed by atoms with Crippen LogP contribution in [-0.2, 0) is 0 Å². The van der Waals surface area contributed by atoms with Crippen LogP contribution >= 0.6 is 0 Å². The van der Waals surface area contributed by atoms with Crippen molar-refractivity contribution in [2.45, 2.75) is 18.9 Å². The van der Waals surface area contributed by atoms with Crippen LogP contribution in [0.5, 0.6) is 5.88 Å². The molecule has 3 rings (SSSR count). The Hall–Kier alpha value is -2.77. The Balaban J connectivity index is 1.56. The van der Waals surface area contributed by atoms with E-state index in [0.29, 0.717) is 37.4 Å². The Bertz CT molecular complexity index is 730. The van der Waals surface area contributed by atoms with E-state index >= 15 is 0 Å². The maximum absolute atomic E-state index is 13.6. The highest BCUT2D eigenvalue weighted by molar-refractivity contribution is 5.92. The number of nitrogens with zero attached hydrogens (tertiary/aromatic N) is 5. The second kappa shape index (κ2) is 7.42. The van der Waals surface area contributed by atoms with Crippen molar-refractivity contribution in [1.29, 1.82) is 0 Å². The van der Waals surface area contributed by atoms with Gasteiger partial charge in [0.25, 0.3) is 11.8 Å². The summed E-state index contributed by atoms with van der Waals surface area (Å²) in [6.45, 7) is 1.05. The van der Waals surface area contributed by atoms with Crippen LogP contribution in [0.3, 0.4) is 0 Å². The van der Waals surface area contributed by atoms with E-state index in [-0.39, 0.29) is 17.9 Å². The van der Waals surface area contributed by atoms with E-state index in [0.717, 1.165) is 0 Å². The molecule has 0 unspecified atom stereocenters. The first-order valence-corrected chi connectivity index (χ1v) is 8.10. The van der Waals surface area contributed by atoms with Crippen LogP contribution < -0.4 is 9.64 Å². The maximum atomic E-state index is 13.6. The van der Waals surface area contributed by atoms with E-state index in [4.69, 9.17) is 4.74 Å². The number of halogens is 1. The van der Waals surface area contributed by atoms with Crippen molar-refractivity contribution in [2.75, 3.05) is 32.1 Å². The molecular formula is C17H20FN5O2. The predicted octanol–water partition coefficient (Wildman–Crippen LogP) is 1.76. The Morgan fingerprint density at radius 3 is 2.60 bits per heavy atom. The number of ether oxygens (including phenoxy) is 1. The van der Waals surface area contributed by atoms with Gasteiger partial charge in [-0.3, -0.25) is 4.79 Å². The van der Waals surface area contributed by atoms with Crippen LogP contribution in [0.25, 0.3) is 0 Å². The Labute approximate surface area is 145 Å². The summed E-state index contributed by atoms with van der Waals surface area (Å²) in [4.78, 5) is 28.3. The first kappa shape index (κ1) is 17.1. The molecule has 1 saturated heterocycles. The molecule has 25 heavy (non-hydrogen) atoms. The minimum Gasteiger partial charge on any atom is -0.472 e. The lowest BCUT2D eigenvalue weighted by molar-refractivity contribution is 0.0574. The van der Waals surface area contributed by atoms with Gasteiger partial charge in [-0.1, -0.05) is 0 Å². The monoisotopic (exact) mass is 345 g/mol. The van der Waals surface area contributed by atoms with Crippen molar-refractivity contribution in [3.05, 3.63) is 42.2 Å². The number of carbonyl (C=O) groups excluding carboxylic acids is 1. The van der Waals surface area contributed by atoms with Crippen LogP contribution in [-0.4, -0.2) is 59.0 Å². The molecule has 0 aliphatic carbocycles. The number of amides is 1. The maximum Gasteiger partial charge on any atom is 0.274 e. The number of likely N-dealkylation sites (tertiary alicyclic amines) is 1. The molecule has 0 spiro atoms. The molecular weight excluding hydrogens is 325 g/mol. The summed E-state index contributed by atoms with van der Waals surface area (Å²) in [6.07, 6.45) is 5.63. The average molecular weight is 345 g/mol. The summed E-state index contributed by atoms with van der Waals surface area (Å²) in [6, 6.07) is 2.84. The predicted molar refractivity (Wildman–Crippen MR) is 90.1 cm³/mol. The van der Waals surface area contributed by atoms with Gasteiger partial charge in [-0.05, 0) is 12.1 Å². The normalized spacial score (nSPS) is 15.1. The summed E-state index contributed by atoms with van der Waals surface area (Å²) in [5.41, 5.74) is 0.320. The van der Waals surface area contributed by atoms with Crippen molar-refractivity contribution in [1.82, 2.24) is 19.9 Å². The van der Waals surface area contributed by atoms with Gasteiger partial charge < -0.3 is 14.5 Å². The van der Waals surface area contributed by atoms with E-state index in [2.05, 4.69) is 15.0 Å². The lowest BCUT2D eigenvalue weighted by Gasteiger charge is -2.31. The third-order valence-corrected chi connectivity index (χ3v) is 4.05. The number of rotatable bonds is 4. The SMILES string of the molecule is CN(C)c1cnc(C(=O)N2CCC(Oc3ncccc3F)CC2)cn1. The Kier molecular flexibility index (Phi) is 5.06. The fourth-order valence-electron chi connectivity index (χ4n) is 2.62. The molecule has 1 fully saturated rings. The average Bonchev–Trinajstić information content (AvgIpc) is 2.64. The number of piperidine rings is 1. The standard InChI is InChI=1S/C17H20FN5O2/c1-22(2)15-11-20-14(10-21-15)17(24)23-8-5-12(6-9-23)25-16-13(18)4-3-7-19-16/h3-4,7,10-12H,5-6,8-9H2,1-2H3. The Morgan fingerprint density at radius 2 is 2.00 bits per heavy atom. The van der Waals surface area contributed by atoms with Gasteiger partial charge in [0, 0.05) is 46.2 Å². The summed E-state index contributed by atoms with van der Waals surface area (Å²) in [7, 11) is 3.72. The van der Waals surface area contributed by atoms with E-state index in [1.165, 1.54) is 24.5 Å². The van der Waals surface area contributed by atoms with Gasteiger partial charge >= 0.3 is 0 Å². The summed E-state index contributed by atoms with van der Waals surface area (Å²) < 4.78 is 19.2. The highest BCUT2D eigenvalue weighted by Crippen LogP contribution is 2.20. The van der Waals surface area contributed by atoms with Gasteiger partial charge in [-0.25, -0.2) is 19.3 Å². The third-order valence-electron chi connectivity index (χ3n) is 4.05. The molecule has 8 heteroatoms. The fourth-order valence-corrected chi connectivity index (χ4v) is 2.62. The van der Waals surface area contributed by atoms with Crippen molar-refractivity contribution in [3.63, 3.8) is 0 Å². The molecule has 7 nitrogen and oxygen atoms in total. The van der Waals surface area contributed by atoms with Crippen LogP contribution in [0.1, 0.15) is 23.3 Å². The minimum absolute atomic E-state index is 0.0115. The van der Waals surface area contributed by atoms with Crippen molar-refractivity contribution >= 4 is 11.7 Å². The topological polar surface area (TPSA) is 71.5 Å². The molecule has 0 N–H and O–H groups in total. The fraction of sp³-hybridized carbons (Fsp3) is 0.412. The minimum atomic E-state index is -0.475. The highest BCUT2D eigenvalue weighted by atomic mass is 19.1. The van der Waals surface area contributed by atoms with Gasteiger partial charge in [0.15, 0.2) is 5.82 Å². The quantitative estimate of drug-likeness (QED) is 0.841. The molecule has 3 heterocycles. The first-order valence-electron chi connectivity index (χ1n) is 8.10. The van der Waals surface area contributed by atoms with E-state index in [9.17, 15) is 9.18 Å². The molecule has 1 aliphatic heterocycles. The van der Waals surface area contributed by atoms with Crippen molar-refractivity contribution in [2.24, 2.45) is 0 Å². The number of anilines is 1. The number of carbonyl (C=O) groups is 1. The number of aromatic nitrogens is 3. The van der Waals surface area contributed by atoms with Crippen molar-refractivity contribution in [3.8, 4) is 5.88 Å². The molecule has 0 aromatic carbocycles. The van der Waals surface area contributed by atoms with Gasteiger partial charge in [0.1, 0.15) is 17.6 Å². The summed E-state index contributed by atoms with van der Waals surface area (Å²) in [5, 5.41) is 0. The second-order valence-electron chi connectivity index (χ2n) is 6.05. The molecule has 0 radical (unpaired) electrons. The molecule has 2 aromatic rings. The largest absolute Gasteiger partial charge is 0.472 e. The van der Waals surface area contributed by atoms with Crippen molar-refractivity contribution < 1.29 is 13.9 Å². The molecule has 2 aromatic heterocycles. The number of pyridine rings is 1. The smallest absolute Gasteiger partial charge is 0.274 e. The highest BCUT2D eigenvalue weighted by Gasteiger charge is 2.26. The zero-order chi connectivity index (χ0) is 17.8. The first-order chi connectivity index (χ1) is 12.0. The van der Waals surface area contributed by atoms with E-state index in [1.807, 2.05) is 19.0 Å². The van der Waals surface area contributed by atoms with Gasteiger partial charge in [-0.2, -0.15) is 0 Å². The van der Waals surface area contributed by atoms with Gasteiger partial charge in [0.2, 0.25) is 0 Å².